The molecule has 0 spiro atoms. The van der Waals surface area contributed by atoms with Gasteiger partial charge in [-0.3, -0.25) is 0 Å². The van der Waals surface area contributed by atoms with Crippen LogP contribution in [0, 0.1) is 0 Å². The van der Waals surface area contributed by atoms with Gasteiger partial charge in [0.15, 0.2) is 0 Å². The Morgan fingerprint density at radius 1 is 0.944 bits per heavy atom. The molecule has 0 unspecified atom stereocenters. The Kier molecular flexibility index (Phi) is 2.92. The summed E-state index contributed by atoms with van der Waals surface area (Å²) in [5.41, 5.74) is 5.58. The van der Waals surface area contributed by atoms with Crippen LogP contribution in [0.4, 0.5) is 0 Å². The maximum atomic E-state index is 2.37. The first-order valence-corrected chi connectivity index (χ1v) is 9.53. The van der Waals surface area contributed by atoms with E-state index < -0.39 is 8.80 Å². The Morgan fingerprint density at radius 3 is 2.44 bits per heavy atom. The predicted octanol–water partition coefficient (Wildman–Crippen LogP) is 3.62. The van der Waals surface area contributed by atoms with Gasteiger partial charge < -0.3 is 0 Å². The van der Waals surface area contributed by atoms with Gasteiger partial charge in [-0.1, -0.05) is 72.9 Å². The fourth-order valence-electron chi connectivity index (χ4n) is 2.59. The van der Waals surface area contributed by atoms with Crippen molar-refractivity contribution in [3.63, 3.8) is 0 Å². The van der Waals surface area contributed by atoms with Gasteiger partial charge in [-0.2, -0.15) is 0 Å². The normalized spacial score (nSPS) is 13.1. The minimum atomic E-state index is -0.674. The Morgan fingerprint density at radius 2 is 1.72 bits per heavy atom. The molecule has 0 saturated carbocycles. The zero-order valence-electron chi connectivity index (χ0n) is 11.0. The molecule has 1 heteroatoms. The van der Waals surface area contributed by atoms with E-state index in [2.05, 4.69) is 67.7 Å². The SMILES string of the molecule is C[SiH](C)c1ccc(-c2cccc3c2C=CC3)cc1. The largest absolute Gasteiger partial charge is 0.0795 e. The molecule has 3 rings (SSSR count). The van der Waals surface area contributed by atoms with E-state index in [1.165, 1.54) is 22.3 Å². The van der Waals surface area contributed by atoms with Gasteiger partial charge in [0.1, 0.15) is 0 Å². The molecule has 2 aromatic rings. The summed E-state index contributed by atoms with van der Waals surface area (Å²) >= 11 is 0. The molecule has 0 aromatic heterocycles. The van der Waals surface area contributed by atoms with E-state index in [0.717, 1.165) is 6.42 Å². The third-order valence-corrected chi connectivity index (χ3v) is 5.43. The van der Waals surface area contributed by atoms with Crippen molar-refractivity contribution in [2.75, 3.05) is 0 Å². The molecule has 2 aromatic carbocycles. The van der Waals surface area contributed by atoms with E-state index in [4.69, 9.17) is 0 Å². The highest BCUT2D eigenvalue weighted by molar-refractivity contribution is 6.70. The molecule has 0 heterocycles. The summed E-state index contributed by atoms with van der Waals surface area (Å²) in [4.78, 5) is 0. The van der Waals surface area contributed by atoms with Gasteiger partial charge in [-0.05, 0) is 28.7 Å². The van der Waals surface area contributed by atoms with E-state index in [0.29, 0.717) is 0 Å². The summed E-state index contributed by atoms with van der Waals surface area (Å²) in [5, 5.41) is 1.54. The average Bonchev–Trinajstić information content (AvgIpc) is 2.87. The molecule has 0 bridgehead atoms. The first-order chi connectivity index (χ1) is 8.75. The number of fused-ring (bicyclic) bond motifs is 1. The second-order valence-electron chi connectivity index (χ2n) is 5.26. The van der Waals surface area contributed by atoms with E-state index in [1.807, 2.05) is 0 Å². The number of rotatable bonds is 2. The zero-order chi connectivity index (χ0) is 12.5. The van der Waals surface area contributed by atoms with Crippen molar-refractivity contribution in [3.05, 3.63) is 59.7 Å². The highest BCUT2D eigenvalue weighted by Crippen LogP contribution is 2.30. The molecule has 0 aliphatic heterocycles. The Balaban J connectivity index is 2.05. The van der Waals surface area contributed by atoms with Crippen LogP contribution in [0.5, 0.6) is 0 Å². The van der Waals surface area contributed by atoms with Gasteiger partial charge in [0.05, 0.1) is 8.80 Å². The molecular formula is C17H18Si. The van der Waals surface area contributed by atoms with Crippen molar-refractivity contribution >= 4 is 20.1 Å². The van der Waals surface area contributed by atoms with Gasteiger partial charge in [0, 0.05) is 0 Å². The molecule has 0 atom stereocenters. The lowest BCUT2D eigenvalue weighted by molar-refractivity contribution is 1.31. The lowest BCUT2D eigenvalue weighted by Crippen LogP contribution is -2.21. The second kappa shape index (κ2) is 4.58. The number of hydrogen-bond acceptors (Lipinski definition) is 0. The number of benzene rings is 2. The van der Waals surface area contributed by atoms with Crippen molar-refractivity contribution in [3.8, 4) is 11.1 Å². The summed E-state index contributed by atoms with van der Waals surface area (Å²) in [5.74, 6) is 0. The van der Waals surface area contributed by atoms with E-state index in [1.54, 1.807) is 5.19 Å². The van der Waals surface area contributed by atoms with Crippen LogP contribution in [0.25, 0.3) is 17.2 Å². The van der Waals surface area contributed by atoms with Gasteiger partial charge in [-0.25, -0.2) is 0 Å². The summed E-state index contributed by atoms with van der Waals surface area (Å²) in [7, 11) is -0.674. The molecule has 0 fully saturated rings. The fraction of sp³-hybridized carbons (Fsp3) is 0.176. The molecule has 1 aliphatic rings. The summed E-state index contributed by atoms with van der Waals surface area (Å²) in [6.45, 7) is 4.75. The third-order valence-electron chi connectivity index (χ3n) is 3.71. The lowest BCUT2D eigenvalue weighted by Gasteiger charge is -2.10. The lowest BCUT2D eigenvalue weighted by atomic mass is 9.97. The molecule has 0 nitrogen and oxygen atoms in total. The van der Waals surface area contributed by atoms with Gasteiger partial charge in [0.2, 0.25) is 0 Å². The maximum absolute atomic E-state index is 2.37. The number of allylic oxidation sites excluding steroid dienone is 1. The topological polar surface area (TPSA) is 0 Å². The minimum Gasteiger partial charge on any atom is -0.0795 e. The predicted molar refractivity (Wildman–Crippen MR) is 83.1 cm³/mol. The van der Waals surface area contributed by atoms with Crippen LogP contribution in [0.15, 0.2) is 48.5 Å². The third kappa shape index (κ3) is 1.95. The Hall–Kier alpha value is -1.60. The van der Waals surface area contributed by atoms with Crippen LogP contribution in [0.2, 0.25) is 13.1 Å². The summed E-state index contributed by atoms with van der Waals surface area (Å²) in [6, 6.07) is 15.8. The molecule has 0 amide bonds. The first-order valence-electron chi connectivity index (χ1n) is 6.64. The minimum absolute atomic E-state index is 0.674. The molecule has 1 aliphatic carbocycles. The molecular weight excluding hydrogens is 232 g/mol. The van der Waals surface area contributed by atoms with Crippen LogP contribution in [-0.4, -0.2) is 8.80 Å². The van der Waals surface area contributed by atoms with E-state index in [-0.39, 0.29) is 0 Å². The van der Waals surface area contributed by atoms with Crippen LogP contribution in [-0.2, 0) is 6.42 Å². The molecule has 0 saturated heterocycles. The Bertz CT molecular complexity index is 592. The van der Waals surface area contributed by atoms with Crippen molar-refractivity contribution in [1.82, 2.24) is 0 Å². The monoisotopic (exact) mass is 250 g/mol. The van der Waals surface area contributed by atoms with Crippen molar-refractivity contribution in [2.45, 2.75) is 19.5 Å². The fourth-order valence-corrected chi connectivity index (χ4v) is 3.55. The summed E-state index contributed by atoms with van der Waals surface area (Å²) < 4.78 is 0. The van der Waals surface area contributed by atoms with E-state index in [9.17, 15) is 0 Å². The van der Waals surface area contributed by atoms with Gasteiger partial charge >= 0.3 is 0 Å². The van der Waals surface area contributed by atoms with Gasteiger partial charge in [-0.15, -0.1) is 0 Å². The van der Waals surface area contributed by atoms with Crippen molar-refractivity contribution < 1.29 is 0 Å². The van der Waals surface area contributed by atoms with Crippen LogP contribution in [0.3, 0.4) is 0 Å². The molecule has 18 heavy (non-hydrogen) atoms. The van der Waals surface area contributed by atoms with Gasteiger partial charge in [0.25, 0.3) is 0 Å². The summed E-state index contributed by atoms with van der Waals surface area (Å²) in [6.07, 6.45) is 5.60. The molecule has 0 radical (unpaired) electrons. The van der Waals surface area contributed by atoms with Crippen LogP contribution in [0.1, 0.15) is 11.1 Å². The molecule has 90 valence electrons. The smallest absolute Gasteiger partial charge is 0.0647 e. The van der Waals surface area contributed by atoms with Crippen molar-refractivity contribution in [1.29, 1.82) is 0 Å². The first kappa shape index (κ1) is 11.5. The Labute approximate surface area is 111 Å². The van der Waals surface area contributed by atoms with Crippen molar-refractivity contribution in [2.24, 2.45) is 0 Å². The van der Waals surface area contributed by atoms with Crippen LogP contribution < -0.4 is 5.19 Å². The van der Waals surface area contributed by atoms with E-state index >= 15 is 0 Å². The highest BCUT2D eigenvalue weighted by atomic mass is 28.3. The second-order valence-corrected chi connectivity index (χ2v) is 8.24. The molecule has 0 N–H and O–H groups in total. The standard InChI is InChI=1S/C17H18Si/c1-18(2)15-11-9-14(10-12-15)17-8-4-6-13-5-3-7-16(13)17/h3-4,6-12,18H,5H2,1-2H3. The quantitative estimate of drug-likeness (QED) is 0.714. The zero-order valence-corrected chi connectivity index (χ0v) is 12.1. The highest BCUT2D eigenvalue weighted by Gasteiger charge is 2.11. The average molecular weight is 250 g/mol. The number of hydrogen-bond donors (Lipinski definition) is 0. The maximum Gasteiger partial charge on any atom is 0.0647 e. The van der Waals surface area contributed by atoms with Crippen LogP contribution >= 0.6 is 0 Å².